The summed E-state index contributed by atoms with van der Waals surface area (Å²) in [4.78, 5) is 16.5. The van der Waals surface area contributed by atoms with Crippen LogP contribution in [-0.2, 0) is 6.42 Å². The Bertz CT molecular complexity index is 1850. The molecule has 1 saturated heterocycles. The third-order valence-corrected chi connectivity index (χ3v) is 8.73. The number of aliphatic imine (C=N–C) groups is 1. The van der Waals surface area contributed by atoms with Crippen molar-refractivity contribution >= 4 is 22.7 Å². The third-order valence-electron chi connectivity index (χ3n) is 8.73. The summed E-state index contributed by atoms with van der Waals surface area (Å²) < 4.78 is 41.9. The number of benzene rings is 1. The minimum atomic E-state index is -2.62. The standard InChI is InChI=1S/C36H35F3N6/c1-21-7-8-26(15-24(13-21)19-45-12-11-36(38,39)20-45)30-9-10-31-34(43-30)35(42-23(3)41-31)33-22(2)14-28-29(17-40-18-32(28)44-33)25-5-4-6-27(37)16-25/h4-6,8-10,13,15-18,23,41,44H,7,11-12,14,19-20H2,1-3H3/t23-/m1/s1. The van der Waals surface area contributed by atoms with E-state index >= 15 is 0 Å². The van der Waals surface area contributed by atoms with Gasteiger partial charge in [-0.25, -0.2) is 18.2 Å². The molecule has 1 fully saturated rings. The van der Waals surface area contributed by atoms with E-state index in [0.29, 0.717) is 19.5 Å². The minimum Gasteiger partial charge on any atom is -0.362 e. The van der Waals surface area contributed by atoms with Crippen molar-refractivity contribution < 1.29 is 13.2 Å². The SMILES string of the molecule is CC1=CC(CN2CCC(F)(F)C2)=CC(c2ccc3c(n2)C(C2=C(C)Cc4c(cncc4-c4cccc(F)c4)N2)=N[C@H](C)N3)=CC1. The van der Waals surface area contributed by atoms with Crippen molar-refractivity contribution in [3.8, 4) is 11.1 Å². The molecular formula is C36H35F3N6. The molecule has 45 heavy (non-hydrogen) atoms. The molecule has 9 heteroatoms. The van der Waals surface area contributed by atoms with Gasteiger partial charge in [-0.1, -0.05) is 29.9 Å². The van der Waals surface area contributed by atoms with Crippen molar-refractivity contribution in [1.29, 1.82) is 0 Å². The second-order valence-electron chi connectivity index (χ2n) is 12.5. The average Bonchev–Trinajstić information content (AvgIpc) is 3.23. The number of allylic oxidation sites excluding steroid dienone is 6. The highest BCUT2D eigenvalue weighted by molar-refractivity contribution is 6.17. The van der Waals surface area contributed by atoms with E-state index in [4.69, 9.17) is 9.98 Å². The van der Waals surface area contributed by atoms with Crippen molar-refractivity contribution in [3.05, 3.63) is 112 Å². The summed E-state index contributed by atoms with van der Waals surface area (Å²) in [5.74, 6) is -2.91. The molecule has 2 aromatic heterocycles. The average molecular weight is 609 g/mol. The maximum atomic E-state index is 14.1. The van der Waals surface area contributed by atoms with Crippen LogP contribution >= 0.6 is 0 Å². The first-order chi connectivity index (χ1) is 21.6. The molecular weight excluding hydrogens is 573 g/mol. The Morgan fingerprint density at radius 2 is 1.93 bits per heavy atom. The van der Waals surface area contributed by atoms with E-state index in [9.17, 15) is 13.2 Å². The minimum absolute atomic E-state index is 0.0957. The van der Waals surface area contributed by atoms with Crippen LogP contribution in [0.3, 0.4) is 0 Å². The second kappa shape index (κ2) is 11.5. The lowest BCUT2D eigenvalue weighted by Gasteiger charge is -2.29. The number of anilines is 2. The fraction of sp³-hybridized carbons (Fsp3) is 0.306. The van der Waals surface area contributed by atoms with Crippen LogP contribution in [0.4, 0.5) is 24.5 Å². The summed E-state index contributed by atoms with van der Waals surface area (Å²) in [7, 11) is 0. The molecule has 0 bridgehead atoms. The van der Waals surface area contributed by atoms with Gasteiger partial charge in [0, 0.05) is 31.3 Å². The number of nitrogens with one attached hydrogen (secondary N) is 2. The third kappa shape index (κ3) is 5.96. The van der Waals surface area contributed by atoms with Gasteiger partial charge < -0.3 is 10.6 Å². The summed E-state index contributed by atoms with van der Waals surface area (Å²) in [6, 6.07) is 10.6. The van der Waals surface area contributed by atoms with Crippen LogP contribution in [-0.4, -0.2) is 52.3 Å². The van der Waals surface area contributed by atoms with E-state index in [1.165, 1.54) is 17.7 Å². The van der Waals surface area contributed by atoms with E-state index in [1.54, 1.807) is 18.5 Å². The Hall–Kier alpha value is -4.50. The van der Waals surface area contributed by atoms with Gasteiger partial charge in [0.25, 0.3) is 5.92 Å². The van der Waals surface area contributed by atoms with E-state index in [0.717, 1.165) is 74.0 Å². The maximum absolute atomic E-state index is 14.1. The Kier molecular flexibility index (Phi) is 7.44. The lowest BCUT2D eigenvalue weighted by molar-refractivity contribution is 0.0131. The highest BCUT2D eigenvalue weighted by Gasteiger charge is 2.38. The molecule has 6 nitrogen and oxygen atoms in total. The van der Waals surface area contributed by atoms with Gasteiger partial charge in [-0.3, -0.25) is 14.9 Å². The first-order valence-electron chi connectivity index (χ1n) is 15.4. The number of hydrogen-bond acceptors (Lipinski definition) is 6. The number of pyridine rings is 2. The van der Waals surface area contributed by atoms with E-state index in [2.05, 4.69) is 47.7 Å². The van der Waals surface area contributed by atoms with Crippen LogP contribution in [0.5, 0.6) is 0 Å². The summed E-state index contributed by atoms with van der Waals surface area (Å²) in [5.41, 5.74) is 11.9. The number of nitrogens with zero attached hydrogens (tertiary/aromatic N) is 4. The normalized spacial score (nSPS) is 21.0. The molecule has 3 aromatic rings. The molecule has 5 heterocycles. The first-order valence-corrected chi connectivity index (χ1v) is 15.4. The number of halogens is 3. The molecule has 1 atom stereocenters. The second-order valence-corrected chi connectivity index (χ2v) is 12.5. The molecule has 230 valence electrons. The highest BCUT2D eigenvalue weighted by atomic mass is 19.3. The highest BCUT2D eigenvalue weighted by Crippen LogP contribution is 2.38. The lowest BCUT2D eigenvalue weighted by atomic mass is 9.90. The van der Waals surface area contributed by atoms with Crippen LogP contribution in [0.1, 0.15) is 50.6 Å². The quantitative estimate of drug-likeness (QED) is 0.310. The Morgan fingerprint density at radius 3 is 2.73 bits per heavy atom. The Morgan fingerprint density at radius 1 is 1.07 bits per heavy atom. The van der Waals surface area contributed by atoms with E-state index < -0.39 is 5.92 Å². The van der Waals surface area contributed by atoms with E-state index in [-0.39, 0.29) is 24.9 Å². The summed E-state index contributed by atoms with van der Waals surface area (Å²) in [6.45, 7) is 6.81. The van der Waals surface area contributed by atoms with Crippen molar-refractivity contribution in [2.75, 3.05) is 30.3 Å². The molecule has 3 aliphatic heterocycles. The zero-order valence-electron chi connectivity index (χ0n) is 25.6. The van der Waals surface area contributed by atoms with Gasteiger partial charge in [-0.15, -0.1) is 0 Å². The van der Waals surface area contributed by atoms with Crippen LogP contribution in [0.25, 0.3) is 16.7 Å². The predicted molar refractivity (Wildman–Crippen MR) is 174 cm³/mol. The zero-order valence-corrected chi connectivity index (χ0v) is 25.6. The Labute approximate surface area is 261 Å². The summed E-state index contributed by atoms with van der Waals surface area (Å²) in [5, 5.41) is 7.04. The Balaban J connectivity index is 1.22. The van der Waals surface area contributed by atoms with Crippen molar-refractivity contribution in [2.45, 2.75) is 52.1 Å². The molecule has 0 amide bonds. The summed E-state index contributed by atoms with van der Waals surface area (Å²) in [6.07, 6.45) is 11.1. The summed E-state index contributed by atoms with van der Waals surface area (Å²) >= 11 is 0. The fourth-order valence-corrected chi connectivity index (χ4v) is 6.58. The van der Waals surface area contributed by atoms with Gasteiger partial charge in [-0.05, 0) is 91.8 Å². The van der Waals surface area contributed by atoms with Crippen molar-refractivity contribution in [2.24, 2.45) is 4.99 Å². The van der Waals surface area contributed by atoms with Crippen LogP contribution in [0, 0.1) is 5.82 Å². The number of aromatic nitrogens is 2. The van der Waals surface area contributed by atoms with E-state index in [1.807, 2.05) is 30.0 Å². The smallest absolute Gasteiger partial charge is 0.261 e. The largest absolute Gasteiger partial charge is 0.362 e. The van der Waals surface area contributed by atoms with Gasteiger partial charge >= 0.3 is 0 Å². The topological polar surface area (TPSA) is 65.4 Å². The van der Waals surface area contributed by atoms with Gasteiger partial charge in [0.05, 0.1) is 35.5 Å². The number of likely N-dealkylation sites (tertiary alicyclic amines) is 1. The molecule has 0 spiro atoms. The predicted octanol–water partition coefficient (Wildman–Crippen LogP) is 7.79. The molecule has 4 aliphatic rings. The number of fused-ring (bicyclic) bond motifs is 2. The molecule has 1 aromatic carbocycles. The molecule has 7 rings (SSSR count). The van der Waals surface area contributed by atoms with Crippen LogP contribution < -0.4 is 10.6 Å². The van der Waals surface area contributed by atoms with Crippen molar-refractivity contribution in [3.63, 3.8) is 0 Å². The molecule has 1 aliphatic carbocycles. The van der Waals surface area contributed by atoms with Gasteiger partial charge in [-0.2, -0.15) is 0 Å². The molecule has 2 N–H and O–H groups in total. The number of rotatable bonds is 5. The molecule has 0 unspecified atom stereocenters. The van der Waals surface area contributed by atoms with Crippen LogP contribution in [0.15, 0.2) is 94.4 Å². The van der Waals surface area contributed by atoms with Gasteiger partial charge in [0.15, 0.2) is 0 Å². The van der Waals surface area contributed by atoms with Crippen molar-refractivity contribution in [1.82, 2.24) is 14.9 Å². The monoisotopic (exact) mass is 608 g/mol. The van der Waals surface area contributed by atoms with Gasteiger partial charge in [0.2, 0.25) is 0 Å². The molecule has 0 saturated carbocycles. The first kappa shape index (κ1) is 29.2. The number of alkyl halides is 2. The maximum Gasteiger partial charge on any atom is 0.261 e. The van der Waals surface area contributed by atoms with Gasteiger partial charge in [0.1, 0.15) is 23.4 Å². The lowest BCUT2D eigenvalue weighted by Crippen LogP contribution is -2.30. The fourth-order valence-electron chi connectivity index (χ4n) is 6.58. The zero-order chi connectivity index (χ0) is 31.3. The van der Waals surface area contributed by atoms with Crippen LogP contribution in [0.2, 0.25) is 0 Å². The molecule has 0 radical (unpaired) electrons. The number of hydrogen-bond donors (Lipinski definition) is 2.